The Labute approximate surface area is 150 Å². The number of furan rings is 1. The Kier molecular flexibility index (Phi) is 4.81. The number of nitrogens with zero attached hydrogens (tertiary/aromatic N) is 3. The number of aliphatic hydroxyl groups excluding tert-OH is 1. The Morgan fingerprint density at radius 2 is 1.96 bits per heavy atom. The first kappa shape index (κ1) is 16.9. The summed E-state index contributed by atoms with van der Waals surface area (Å²) in [6, 6.07) is 9.65. The number of piperidine rings is 1. The first-order valence-corrected chi connectivity index (χ1v) is 8.71. The molecule has 1 atom stereocenters. The van der Waals surface area contributed by atoms with Gasteiger partial charge in [0.05, 0.1) is 18.9 Å². The van der Waals surface area contributed by atoms with Crippen LogP contribution in [0.2, 0.25) is 0 Å². The van der Waals surface area contributed by atoms with Crippen molar-refractivity contribution in [2.75, 3.05) is 13.1 Å². The Morgan fingerprint density at radius 1 is 1.19 bits per heavy atom. The molecule has 2 aromatic heterocycles. The molecule has 1 aliphatic heterocycles. The van der Waals surface area contributed by atoms with Gasteiger partial charge >= 0.3 is 0 Å². The van der Waals surface area contributed by atoms with E-state index in [1.165, 1.54) is 12.1 Å². The first-order valence-electron chi connectivity index (χ1n) is 8.71. The van der Waals surface area contributed by atoms with E-state index in [0.29, 0.717) is 24.0 Å². The molecule has 0 bridgehead atoms. The summed E-state index contributed by atoms with van der Waals surface area (Å²) < 4.78 is 23.6. The van der Waals surface area contributed by atoms with Gasteiger partial charge in [0.15, 0.2) is 5.76 Å². The third kappa shape index (κ3) is 3.68. The summed E-state index contributed by atoms with van der Waals surface area (Å²) in [5, 5.41) is 14.5. The number of hydrogen-bond donors (Lipinski definition) is 1. The maximum Gasteiger partial charge on any atom is 0.241 e. The summed E-state index contributed by atoms with van der Waals surface area (Å²) in [5.41, 5.74) is 0.768. The minimum absolute atomic E-state index is 0.165. The van der Waals surface area contributed by atoms with Crippen LogP contribution in [0.3, 0.4) is 0 Å². The summed E-state index contributed by atoms with van der Waals surface area (Å²) in [4.78, 5) is 6.59. The number of benzene rings is 1. The van der Waals surface area contributed by atoms with E-state index < -0.39 is 6.10 Å². The molecular formula is C19H20FN3O3. The maximum absolute atomic E-state index is 13.0. The van der Waals surface area contributed by atoms with Crippen molar-refractivity contribution in [1.29, 1.82) is 0 Å². The van der Waals surface area contributed by atoms with Gasteiger partial charge in [0.2, 0.25) is 11.7 Å². The number of aromatic nitrogens is 2. The van der Waals surface area contributed by atoms with Gasteiger partial charge in [0.25, 0.3) is 0 Å². The Balaban J connectivity index is 1.31. The Hall–Kier alpha value is -2.51. The molecule has 7 heteroatoms. The zero-order chi connectivity index (χ0) is 17.9. The van der Waals surface area contributed by atoms with Gasteiger partial charge in [-0.25, -0.2) is 4.39 Å². The molecule has 1 aromatic carbocycles. The van der Waals surface area contributed by atoms with Crippen molar-refractivity contribution in [3.05, 3.63) is 59.9 Å². The van der Waals surface area contributed by atoms with Crippen LogP contribution in [0.4, 0.5) is 4.39 Å². The summed E-state index contributed by atoms with van der Waals surface area (Å²) >= 11 is 0. The third-order valence-electron chi connectivity index (χ3n) is 4.86. The molecule has 1 saturated heterocycles. The predicted octanol–water partition coefficient (Wildman–Crippen LogP) is 3.41. The smallest absolute Gasteiger partial charge is 0.241 e. The van der Waals surface area contributed by atoms with E-state index in [9.17, 15) is 9.50 Å². The summed E-state index contributed by atoms with van der Waals surface area (Å²) in [5.74, 6) is 1.46. The van der Waals surface area contributed by atoms with Crippen molar-refractivity contribution >= 4 is 0 Å². The molecule has 1 unspecified atom stereocenters. The second-order valence-electron chi connectivity index (χ2n) is 6.60. The van der Waals surface area contributed by atoms with E-state index in [0.717, 1.165) is 31.5 Å². The van der Waals surface area contributed by atoms with Gasteiger partial charge < -0.3 is 14.0 Å². The number of likely N-dealkylation sites (tertiary alicyclic amines) is 1. The van der Waals surface area contributed by atoms with Crippen molar-refractivity contribution in [2.24, 2.45) is 5.92 Å². The SMILES string of the molecule is OC(c1ccc(F)cc1)C1CCN(Cc2nc(-c3ccco3)no2)CC1. The van der Waals surface area contributed by atoms with Gasteiger partial charge in [-0.1, -0.05) is 17.3 Å². The molecule has 0 radical (unpaired) electrons. The largest absolute Gasteiger partial charge is 0.461 e. The lowest BCUT2D eigenvalue weighted by Gasteiger charge is -2.33. The van der Waals surface area contributed by atoms with Crippen LogP contribution in [0.25, 0.3) is 11.6 Å². The molecule has 0 spiro atoms. The van der Waals surface area contributed by atoms with Crippen LogP contribution in [0.1, 0.15) is 30.4 Å². The van der Waals surface area contributed by atoms with Crippen LogP contribution < -0.4 is 0 Å². The van der Waals surface area contributed by atoms with Crippen LogP contribution in [0.15, 0.2) is 51.6 Å². The van der Waals surface area contributed by atoms with Gasteiger partial charge in [0.1, 0.15) is 5.82 Å². The number of hydrogen-bond acceptors (Lipinski definition) is 6. The summed E-state index contributed by atoms with van der Waals surface area (Å²) in [6.07, 6.45) is 2.73. The second-order valence-corrected chi connectivity index (χ2v) is 6.60. The molecule has 0 saturated carbocycles. The number of halogens is 1. The van der Waals surface area contributed by atoms with E-state index in [-0.39, 0.29) is 11.7 Å². The van der Waals surface area contributed by atoms with Gasteiger partial charge in [-0.05, 0) is 61.7 Å². The zero-order valence-electron chi connectivity index (χ0n) is 14.2. The van der Waals surface area contributed by atoms with Crippen LogP contribution in [0.5, 0.6) is 0 Å². The highest BCUT2D eigenvalue weighted by Crippen LogP contribution is 2.31. The topological polar surface area (TPSA) is 75.5 Å². The molecule has 1 N–H and O–H groups in total. The van der Waals surface area contributed by atoms with Crippen LogP contribution in [-0.2, 0) is 6.54 Å². The number of aliphatic hydroxyl groups is 1. The average molecular weight is 357 g/mol. The standard InChI is InChI=1S/C19H20FN3O3/c20-15-5-3-13(4-6-15)18(24)14-7-9-23(10-8-14)12-17-21-19(22-26-17)16-2-1-11-25-16/h1-6,11,14,18,24H,7-10,12H2. The van der Waals surface area contributed by atoms with E-state index in [4.69, 9.17) is 8.94 Å². The molecular weight excluding hydrogens is 337 g/mol. The predicted molar refractivity (Wildman–Crippen MR) is 91.4 cm³/mol. The minimum Gasteiger partial charge on any atom is -0.461 e. The van der Waals surface area contributed by atoms with Gasteiger partial charge in [-0.15, -0.1) is 0 Å². The first-order chi connectivity index (χ1) is 12.7. The van der Waals surface area contributed by atoms with Crippen molar-refractivity contribution in [3.63, 3.8) is 0 Å². The third-order valence-corrected chi connectivity index (χ3v) is 4.86. The molecule has 6 nitrogen and oxygen atoms in total. The van der Waals surface area contributed by atoms with Crippen LogP contribution >= 0.6 is 0 Å². The molecule has 3 aromatic rings. The highest BCUT2D eigenvalue weighted by Gasteiger charge is 2.27. The Morgan fingerprint density at radius 3 is 2.65 bits per heavy atom. The minimum atomic E-state index is -0.563. The van der Waals surface area contributed by atoms with Gasteiger partial charge in [0, 0.05) is 0 Å². The fourth-order valence-corrected chi connectivity index (χ4v) is 3.38. The van der Waals surface area contributed by atoms with E-state index in [2.05, 4.69) is 15.0 Å². The molecule has 1 fully saturated rings. The monoisotopic (exact) mass is 357 g/mol. The fourth-order valence-electron chi connectivity index (χ4n) is 3.38. The lowest BCUT2D eigenvalue weighted by molar-refractivity contribution is 0.0537. The lowest BCUT2D eigenvalue weighted by Crippen LogP contribution is -2.35. The lowest BCUT2D eigenvalue weighted by atomic mass is 9.87. The van der Waals surface area contributed by atoms with Gasteiger partial charge in [-0.3, -0.25) is 4.90 Å². The fraction of sp³-hybridized carbons (Fsp3) is 0.368. The molecule has 0 amide bonds. The molecule has 4 rings (SSSR count). The van der Waals surface area contributed by atoms with E-state index in [1.807, 2.05) is 0 Å². The molecule has 136 valence electrons. The van der Waals surface area contributed by atoms with Crippen molar-refractivity contribution in [1.82, 2.24) is 15.0 Å². The number of rotatable bonds is 5. The maximum atomic E-state index is 13.0. The highest BCUT2D eigenvalue weighted by atomic mass is 19.1. The summed E-state index contributed by atoms with van der Waals surface area (Å²) in [6.45, 7) is 2.25. The highest BCUT2D eigenvalue weighted by molar-refractivity contribution is 5.44. The van der Waals surface area contributed by atoms with Crippen LogP contribution in [0, 0.1) is 11.7 Å². The normalized spacial score (nSPS) is 17.5. The molecule has 26 heavy (non-hydrogen) atoms. The quantitative estimate of drug-likeness (QED) is 0.754. The van der Waals surface area contributed by atoms with E-state index in [1.54, 1.807) is 30.5 Å². The zero-order valence-corrected chi connectivity index (χ0v) is 14.2. The molecule has 3 heterocycles. The van der Waals surface area contributed by atoms with Crippen molar-refractivity contribution < 1.29 is 18.4 Å². The van der Waals surface area contributed by atoms with Gasteiger partial charge in [-0.2, -0.15) is 4.98 Å². The molecule has 1 aliphatic rings. The average Bonchev–Trinajstić information content (AvgIpc) is 3.34. The van der Waals surface area contributed by atoms with Crippen LogP contribution in [-0.4, -0.2) is 33.2 Å². The second kappa shape index (κ2) is 7.39. The molecule has 0 aliphatic carbocycles. The van der Waals surface area contributed by atoms with Crippen molar-refractivity contribution in [2.45, 2.75) is 25.5 Å². The van der Waals surface area contributed by atoms with E-state index >= 15 is 0 Å². The van der Waals surface area contributed by atoms with Crippen molar-refractivity contribution in [3.8, 4) is 11.6 Å². The Bertz CT molecular complexity index is 824. The summed E-state index contributed by atoms with van der Waals surface area (Å²) in [7, 11) is 0.